The Labute approximate surface area is 166 Å². The summed E-state index contributed by atoms with van der Waals surface area (Å²) in [5.41, 5.74) is 0. The largest absolute Gasteiger partial charge is 0.286 e. The van der Waals surface area contributed by atoms with Crippen molar-refractivity contribution in [1.29, 1.82) is 0 Å². The smallest absolute Gasteiger partial charge is 0.264 e. The Bertz CT molecular complexity index is 353. The predicted molar refractivity (Wildman–Crippen MR) is 102 cm³/mol. The van der Waals surface area contributed by atoms with Gasteiger partial charge in [0.25, 0.3) is 10.1 Å². The number of hydrogen-bond acceptors (Lipinski definition) is 2. The normalized spacial score (nSPS) is 11.7. The number of hydrogen-bond donors (Lipinski definition) is 1. The Kier molecular flexibility index (Phi) is 21.4. The molecule has 0 amide bonds. The van der Waals surface area contributed by atoms with Crippen molar-refractivity contribution in [2.75, 3.05) is 5.75 Å². The third-order valence-electron chi connectivity index (χ3n) is 3.91. The molecule has 0 atom stereocenters. The van der Waals surface area contributed by atoms with Crippen LogP contribution in [0.25, 0.3) is 0 Å². The molecule has 5 heteroatoms. The molecule has 0 aromatic rings. The zero-order valence-electron chi connectivity index (χ0n) is 15.4. The van der Waals surface area contributed by atoms with Crippen molar-refractivity contribution in [2.24, 2.45) is 0 Å². The Balaban J connectivity index is 0. The zero-order chi connectivity index (χ0) is 16.5. The van der Waals surface area contributed by atoms with Gasteiger partial charge in [-0.2, -0.15) is 8.42 Å². The Morgan fingerprint density at radius 2 is 1.09 bits per heavy atom. The van der Waals surface area contributed by atoms with E-state index >= 15 is 0 Å². The first-order chi connectivity index (χ1) is 10.6. The molecular formula is C18H36NaO3S. The second kappa shape index (κ2) is 19.0. The van der Waals surface area contributed by atoms with Gasteiger partial charge in [0, 0.05) is 29.6 Å². The number of allylic oxidation sites excluding steroid dienone is 2. The second-order valence-electron chi connectivity index (χ2n) is 6.22. The molecule has 0 heterocycles. The monoisotopic (exact) mass is 355 g/mol. The van der Waals surface area contributed by atoms with Crippen molar-refractivity contribution < 1.29 is 13.0 Å². The SMILES string of the molecule is CCCCCCCCC=CCCCCCCCCS(=O)(=O)O.[Na]. The van der Waals surface area contributed by atoms with E-state index in [9.17, 15) is 8.42 Å². The molecule has 133 valence electrons. The predicted octanol–water partition coefficient (Wildman–Crippen LogP) is 5.53. The summed E-state index contributed by atoms with van der Waals surface area (Å²) in [6, 6.07) is 0. The second-order valence-corrected chi connectivity index (χ2v) is 7.80. The van der Waals surface area contributed by atoms with Crippen LogP contribution in [0.15, 0.2) is 12.2 Å². The van der Waals surface area contributed by atoms with Crippen LogP contribution in [0.4, 0.5) is 0 Å². The Morgan fingerprint density at radius 1 is 0.696 bits per heavy atom. The van der Waals surface area contributed by atoms with Crippen LogP contribution in [0.5, 0.6) is 0 Å². The van der Waals surface area contributed by atoms with Crippen molar-refractivity contribution in [3.63, 3.8) is 0 Å². The van der Waals surface area contributed by atoms with Gasteiger partial charge < -0.3 is 0 Å². The summed E-state index contributed by atoms with van der Waals surface area (Å²) in [5.74, 6) is -0.0891. The molecule has 1 radical (unpaired) electrons. The van der Waals surface area contributed by atoms with Gasteiger partial charge in [0.15, 0.2) is 0 Å². The van der Waals surface area contributed by atoms with Crippen molar-refractivity contribution in [3.8, 4) is 0 Å². The molecule has 3 nitrogen and oxygen atoms in total. The maximum atomic E-state index is 10.5. The van der Waals surface area contributed by atoms with E-state index in [0.29, 0.717) is 6.42 Å². The van der Waals surface area contributed by atoms with Crippen molar-refractivity contribution in [3.05, 3.63) is 12.2 Å². The fraction of sp³-hybridized carbons (Fsp3) is 0.889. The van der Waals surface area contributed by atoms with Gasteiger partial charge in [-0.25, -0.2) is 0 Å². The van der Waals surface area contributed by atoms with Gasteiger partial charge in [0.2, 0.25) is 0 Å². The van der Waals surface area contributed by atoms with Gasteiger partial charge in [-0.05, 0) is 32.1 Å². The minimum atomic E-state index is -3.75. The summed E-state index contributed by atoms with van der Waals surface area (Å²) in [6.45, 7) is 2.25. The maximum Gasteiger partial charge on any atom is 0.264 e. The minimum Gasteiger partial charge on any atom is -0.286 e. The molecule has 0 bridgehead atoms. The minimum absolute atomic E-state index is 0. The topological polar surface area (TPSA) is 54.4 Å². The standard InChI is InChI=1S/C18H36O3S.Na/c1-2-3-4-5-6-7-8-9-10-11-12-13-14-15-16-17-18-22(19,20)21;/h9-10H,2-8,11-18H2,1H3,(H,19,20,21);. The van der Waals surface area contributed by atoms with Crippen LogP contribution < -0.4 is 0 Å². The van der Waals surface area contributed by atoms with Gasteiger partial charge in [0.05, 0.1) is 5.75 Å². The van der Waals surface area contributed by atoms with E-state index in [1.165, 1.54) is 64.2 Å². The van der Waals surface area contributed by atoms with E-state index in [2.05, 4.69) is 19.1 Å². The summed E-state index contributed by atoms with van der Waals surface area (Å²) in [7, 11) is -3.75. The summed E-state index contributed by atoms with van der Waals surface area (Å²) in [6.07, 6.45) is 21.4. The van der Waals surface area contributed by atoms with Gasteiger partial charge in [0.1, 0.15) is 0 Å². The average Bonchev–Trinajstić information content (AvgIpc) is 2.45. The molecule has 0 aliphatic rings. The number of unbranched alkanes of at least 4 members (excludes halogenated alkanes) is 12. The molecule has 0 aliphatic carbocycles. The Morgan fingerprint density at radius 3 is 1.52 bits per heavy atom. The summed E-state index contributed by atoms with van der Waals surface area (Å²) in [4.78, 5) is 0. The fourth-order valence-electron chi connectivity index (χ4n) is 2.53. The van der Waals surface area contributed by atoms with Crippen LogP contribution in [0.2, 0.25) is 0 Å². The van der Waals surface area contributed by atoms with Crippen molar-refractivity contribution in [1.82, 2.24) is 0 Å². The van der Waals surface area contributed by atoms with E-state index in [-0.39, 0.29) is 35.3 Å². The Hall–Kier alpha value is 0.650. The molecule has 0 saturated heterocycles. The zero-order valence-corrected chi connectivity index (χ0v) is 18.2. The van der Waals surface area contributed by atoms with Gasteiger partial charge in [-0.1, -0.05) is 76.9 Å². The molecule has 23 heavy (non-hydrogen) atoms. The van der Waals surface area contributed by atoms with Crippen LogP contribution in [0, 0.1) is 0 Å². The first-order valence-electron chi connectivity index (χ1n) is 9.16. The molecule has 0 rings (SSSR count). The van der Waals surface area contributed by atoms with Gasteiger partial charge >= 0.3 is 0 Å². The van der Waals surface area contributed by atoms with Crippen LogP contribution in [0.1, 0.15) is 96.8 Å². The number of rotatable bonds is 16. The van der Waals surface area contributed by atoms with Crippen LogP contribution in [-0.4, -0.2) is 48.3 Å². The van der Waals surface area contributed by atoms with E-state index in [1.807, 2.05) is 0 Å². The van der Waals surface area contributed by atoms with Crippen molar-refractivity contribution in [2.45, 2.75) is 96.8 Å². The van der Waals surface area contributed by atoms with E-state index in [0.717, 1.165) is 19.3 Å². The van der Waals surface area contributed by atoms with Crippen molar-refractivity contribution >= 4 is 39.7 Å². The summed E-state index contributed by atoms with van der Waals surface area (Å²) in [5, 5.41) is 0. The van der Waals surface area contributed by atoms with Crippen LogP contribution in [-0.2, 0) is 10.1 Å². The third kappa shape index (κ3) is 25.0. The molecule has 0 unspecified atom stereocenters. The van der Waals surface area contributed by atoms with E-state index in [4.69, 9.17) is 4.55 Å². The molecule has 0 spiro atoms. The van der Waals surface area contributed by atoms with E-state index in [1.54, 1.807) is 0 Å². The average molecular weight is 356 g/mol. The quantitative estimate of drug-likeness (QED) is 0.171. The first kappa shape index (κ1) is 25.9. The maximum absolute atomic E-state index is 10.5. The molecule has 0 aliphatic heterocycles. The van der Waals surface area contributed by atoms with Gasteiger partial charge in [-0.3, -0.25) is 4.55 Å². The molecule has 0 aromatic heterocycles. The van der Waals surface area contributed by atoms with Gasteiger partial charge in [-0.15, -0.1) is 0 Å². The molecule has 0 saturated carbocycles. The molecule has 0 fully saturated rings. The van der Waals surface area contributed by atoms with Crippen LogP contribution in [0.3, 0.4) is 0 Å². The third-order valence-corrected chi connectivity index (χ3v) is 4.72. The summed E-state index contributed by atoms with van der Waals surface area (Å²) >= 11 is 0. The fourth-order valence-corrected chi connectivity index (χ4v) is 3.10. The molecular weight excluding hydrogens is 319 g/mol. The van der Waals surface area contributed by atoms with Crippen LogP contribution >= 0.6 is 0 Å². The molecule has 1 N–H and O–H groups in total. The van der Waals surface area contributed by atoms with E-state index < -0.39 is 10.1 Å². The summed E-state index contributed by atoms with van der Waals surface area (Å²) < 4.78 is 29.7. The first-order valence-corrected chi connectivity index (χ1v) is 10.8. The molecule has 0 aromatic carbocycles.